The number of ether oxygens (including phenoxy) is 4. The summed E-state index contributed by atoms with van der Waals surface area (Å²) in [6.07, 6.45) is 2.52. The van der Waals surface area contributed by atoms with Crippen LogP contribution < -0.4 is 16.4 Å². The number of halogens is 1. The lowest BCUT2D eigenvalue weighted by atomic mass is 9.94. The van der Waals surface area contributed by atoms with Gasteiger partial charge >= 0.3 is 23.9 Å². The van der Waals surface area contributed by atoms with Crippen molar-refractivity contribution in [1.82, 2.24) is 20.6 Å². The van der Waals surface area contributed by atoms with E-state index in [4.69, 9.17) is 36.3 Å². The molecule has 4 N–H and O–H groups in total. The Hall–Kier alpha value is -4.79. The zero-order valence-corrected chi connectivity index (χ0v) is 26.0. The van der Waals surface area contributed by atoms with Crippen LogP contribution in [0.4, 0.5) is 5.69 Å². The lowest BCUT2D eigenvalue weighted by Crippen LogP contribution is -2.58. The Morgan fingerprint density at radius 3 is 1.25 bits per heavy atom. The highest BCUT2D eigenvalue weighted by atomic mass is 35.5. The van der Waals surface area contributed by atoms with E-state index < -0.39 is 46.8 Å². The number of carbonyl (C=O) groups excluding carboxylic acids is 6. The lowest BCUT2D eigenvalue weighted by Gasteiger charge is -2.29. The van der Waals surface area contributed by atoms with E-state index in [1.54, 1.807) is 27.7 Å². The molecule has 0 atom stereocenters. The summed E-state index contributed by atoms with van der Waals surface area (Å²) in [5.74, 6) is -5.11. The van der Waals surface area contributed by atoms with Gasteiger partial charge in [0.1, 0.15) is 0 Å². The molecule has 2 amide bonds. The average molecular weight is 638 g/mol. The minimum atomic E-state index is -2.16. The predicted molar refractivity (Wildman–Crippen MR) is 155 cm³/mol. The normalized spacial score (nSPS) is 10.7. The highest BCUT2D eigenvalue weighted by molar-refractivity contribution is 6.30. The number of pyridine rings is 2. The van der Waals surface area contributed by atoms with Crippen LogP contribution in [-0.4, -0.2) is 72.1 Å². The van der Waals surface area contributed by atoms with Crippen molar-refractivity contribution in [2.75, 3.05) is 32.2 Å². The molecule has 0 fully saturated rings. The Labute approximate surface area is 259 Å². The highest BCUT2D eigenvalue weighted by Gasteiger charge is 2.54. The summed E-state index contributed by atoms with van der Waals surface area (Å²) in [6.45, 7) is 8.75. The van der Waals surface area contributed by atoms with Gasteiger partial charge in [-0.15, -0.1) is 0 Å². The summed E-state index contributed by atoms with van der Waals surface area (Å²) >= 11 is 5.77. The molecule has 0 bridgehead atoms. The summed E-state index contributed by atoms with van der Waals surface area (Å²) < 4.78 is 19.7. The molecule has 16 heteroatoms. The smallest absolute Gasteiger partial charge is 0.350 e. The molecule has 0 saturated carbocycles. The molecule has 240 valence electrons. The predicted octanol–water partition coefficient (Wildman–Crippen LogP) is 1.31. The maximum Gasteiger partial charge on any atom is 0.350 e. The van der Waals surface area contributed by atoms with E-state index >= 15 is 0 Å². The number of hydrogen-bond acceptors (Lipinski definition) is 13. The third kappa shape index (κ3) is 9.10. The first-order chi connectivity index (χ1) is 20.8. The Morgan fingerprint density at radius 1 is 0.659 bits per heavy atom. The van der Waals surface area contributed by atoms with Gasteiger partial charge in [0.05, 0.1) is 54.7 Å². The van der Waals surface area contributed by atoms with E-state index in [1.165, 1.54) is 50.5 Å². The van der Waals surface area contributed by atoms with Crippen molar-refractivity contribution in [3.8, 4) is 0 Å². The molecule has 0 aliphatic carbocycles. The van der Waals surface area contributed by atoms with Crippen LogP contribution in [0, 0.1) is 0 Å². The molecule has 0 aliphatic rings. The summed E-state index contributed by atoms with van der Waals surface area (Å²) in [5, 5.41) is 4.92. The molecule has 2 aromatic heterocycles. The first kappa shape index (κ1) is 37.2. The number of carbonyl (C=O) groups is 6. The van der Waals surface area contributed by atoms with Crippen LogP contribution in [0.2, 0.25) is 5.02 Å². The summed E-state index contributed by atoms with van der Waals surface area (Å²) in [6, 6.07) is 5.61. The van der Waals surface area contributed by atoms with Gasteiger partial charge in [-0.25, -0.2) is 19.2 Å². The molecule has 0 aliphatic heterocycles. The number of hydrogen-bond donors (Lipinski definition) is 3. The van der Waals surface area contributed by atoms with Gasteiger partial charge in [0, 0.05) is 20.0 Å². The maximum atomic E-state index is 12.4. The fourth-order valence-corrected chi connectivity index (χ4v) is 3.74. The zero-order valence-electron chi connectivity index (χ0n) is 25.2. The largest absolute Gasteiger partial charge is 0.463 e. The van der Waals surface area contributed by atoms with Crippen LogP contribution in [0.5, 0.6) is 0 Å². The Kier molecular flexibility index (Phi) is 14.7. The van der Waals surface area contributed by atoms with Gasteiger partial charge in [-0.1, -0.05) is 11.6 Å². The first-order valence-corrected chi connectivity index (χ1v) is 13.7. The van der Waals surface area contributed by atoms with Crippen LogP contribution in [0.3, 0.4) is 0 Å². The quantitative estimate of drug-likeness (QED) is 0.170. The minimum Gasteiger partial charge on any atom is -0.463 e. The van der Waals surface area contributed by atoms with Crippen molar-refractivity contribution >= 4 is 53.0 Å². The SMILES string of the molecule is CCOC(=O)C(NC(C)=O)(C(=O)OCC)c1ccc(Cl)cn1.CCOC(=O)C(NC(C)=O)(C(=O)OCC)c1ccc(N)cn1. The monoisotopic (exact) mass is 637 g/mol. The molecular formula is C28H36ClN5O10. The van der Waals surface area contributed by atoms with E-state index in [-0.39, 0.29) is 37.8 Å². The highest BCUT2D eigenvalue weighted by Crippen LogP contribution is 2.26. The third-order valence-corrected chi connectivity index (χ3v) is 5.56. The number of amides is 2. The van der Waals surface area contributed by atoms with Gasteiger partial charge in [-0.05, 0) is 52.0 Å². The van der Waals surface area contributed by atoms with Crippen molar-refractivity contribution in [2.24, 2.45) is 0 Å². The number of nitrogens with zero attached hydrogens (tertiary/aromatic N) is 2. The molecule has 0 radical (unpaired) electrons. The second kappa shape index (κ2) is 17.4. The lowest BCUT2D eigenvalue weighted by molar-refractivity contribution is -0.170. The van der Waals surface area contributed by atoms with E-state index in [0.717, 1.165) is 0 Å². The number of aromatic nitrogens is 2. The van der Waals surface area contributed by atoms with Crippen molar-refractivity contribution in [3.05, 3.63) is 53.1 Å². The van der Waals surface area contributed by atoms with Crippen LogP contribution in [0.1, 0.15) is 52.9 Å². The van der Waals surface area contributed by atoms with Crippen molar-refractivity contribution in [1.29, 1.82) is 0 Å². The number of nitrogens with two attached hydrogens (primary N) is 1. The van der Waals surface area contributed by atoms with E-state index in [2.05, 4.69) is 20.6 Å². The van der Waals surface area contributed by atoms with Gasteiger partial charge in [0.2, 0.25) is 11.8 Å². The zero-order chi connectivity index (χ0) is 33.5. The Balaban J connectivity index is 0.000000440. The van der Waals surface area contributed by atoms with Crippen LogP contribution >= 0.6 is 11.6 Å². The standard InChI is InChI=1S/C14H17ClN2O5.C14H19N3O5/c2*1-4-21-12(19)14(17-9(3)18,13(20)22-5-2)11-7-6-10(15)8-16-11/h6-8H,4-5H2,1-3H3,(H,17,18);6-8H,4-5,15H2,1-3H3,(H,17,18). The molecule has 15 nitrogen and oxygen atoms in total. The summed E-state index contributed by atoms with van der Waals surface area (Å²) in [5.41, 5.74) is 1.50. The van der Waals surface area contributed by atoms with Crippen LogP contribution in [0.25, 0.3) is 0 Å². The Morgan fingerprint density at radius 2 is 1.00 bits per heavy atom. The fourth-order valence-electron chi connectivity index (χ4n) is 3.63. The van der Waals surface area contributed by atoms with Gasteiger partial charge in [-0.3, -0.25) is 19.6 Å². The number of esters is 4. The summed E-state index contributed by atoms with van der Waals surface area (Å²) in [4.78, 5) is 80.6. The van der Waals surface area contributed by atoms with Crippen molar-refractivity contribution < 1.29 is 47.7 Å². The molecule has 2 heterocycles. The van der Waals surface area contributed by atoms with Crippen molar-refractivity contribution in [2.45, 2.75) is 52.6 Å². The van der Waals surface area contributed by atoms with E-state index in [9.17, 15) is 28.8 Å². The maximum absolute atomic E-state index is 12.4. The van der Waals surface area contributed by atoms with Gasteiger partial charge in [0.25, 0.3) is 11.1 Å². The first-order valence-electron chi connectivity index (χ1n) is 13.4. The van der Waals surface area contributed by atoms with Crippen LogP contribution in [-0.2, 0) is 58.8 Å². The molecule has 0 aromatic carbocycles. The van der Waals surface area contributed by atoms with Crippen molar-refractivity contribution in [3.63, 3.8) is 0 Å². The summed E-state index contributed by atoms with van der Waals surface area (Å²) in [7, 11) is 0. The number of rotatable bonds is 12. The number of anilines is 1. The van der Waals surface area contributed by atoms with Gasteiger partial charge in [-0.2, -0.15) is 0 Å². The molecule has 0 unspecified atom stereocenters. The fraction of sp³-hybridized carbons (Fsp3) is 0.429. The topological polar surface area (TPSA) is 215 Å². The molecule has 0 saturated heterocycles. The second-order valence-corrected chi connectivity index (χ2v) is 9.02. The van der Waals surface area contributed by atoms with Gasteiger partial charge in [0.15, 0.2) is 0 Å². The van der Waals surface area contributed by atoms with Gasteiger partial charge < -0.3 is 35.3 Å². The average Bonchev–Trinajstić information content (AvgIpc) is 2.96. The molecule has 2 aromatic rings. The molecule has 2 rings (SSSR count). The molecule has 44 heavy (non-hydrogen) atoms. The van der Waals surface area contributed by atoms with Crippen LogP contribution in [0.15, 0.2) is 36.7 Å². The number of nitrogen functional groups attached to an aromatic ring is 1. The molecular weight excluding hydrogens is 602 g/mol. The number of nitrogens with one attached hydrogen (secondary N) is 2. The van der Waals surface area contributed by atoms with E-state index in [0.29, 0.717) is 10.7 Å². The second-order valence-electron chi connectivity index (χ2n) is 8.58. The van der Waals surface area contributed by atoms with E-state index in [1.807, 2.05) is 0 Å². The molecule has 0 spiro atoms. The third-order valence-electron chi connectivity index (χ3n) is 5.34. The Bertz CT molecular complexity index is 1180. The minimum absolute atomic E-state index is 0.0210.